The summed E-state index contributed by atoms with van der Waals surface area (Å²) in [5.74, 6) is 1.85. The molecule has 0 aliphatic carbocycles. The molecular weight excluding hydrogens is 326 g/mol. The van der Waals surface area contributed by atoms with Crippen molar-refractivity contribution in [3.8, 4) is 0 Å². The normalized spacial score (nSPS) is 13.7. The lowest BCUT2D eigenvalue weighted by molar-refractivity contribution is -0.120. The first-order valence-electron chi connectivity index (χ1n) is 9.34. The van der Waals surface area contributed by atoms with E-state index in [2.05, 4.69) is 50.6 Å². The lowest BCUT2D eigenvalue weighted by Crippen LogP contribution is -2.29. The average molecular weight is 353 g/mol. The molecule has 1 fully saturated rings. The van der Waals surface area contributed by atoms with Crippen LogP contribution in [0.25, 0.3) is 0 Å². The van der Waals surface area contributed by atoms with Crippen LogP contribution in [0.5, 0.6) is 0 Å². The van der Waals surface area contributed by atoms with Crippen molar-refractivity contribution < 1.29 is 4.79 Å². The van der Waals surface area contributed by atoms with E-state index in [-0.39, 0.29) is 5.91 Å². The summed E-state index contributed by atoms with van der Waals surface area (Å²) in [7, 11) is 0. The van der Waals surface area contributed by atoms with Gasteiger partial charge in [0, 0.05) is 38.7 Å². The van der Waals surface area contributed by atoms with Crippen LogP contribution in [0.15, 0.2) is 36.7 Å². The summed E-state index contributed by atoms with van der Waals surface area (Å²) in [6, 6.07) is 10.3. The minimum absolute atomic E-state index is 0.0775. The van der Waals surface area contributed by atoms with E-state index in [0.29, 0.717) is 19.5 Å². The first-order valence-corrected chi connectivity index (χ1v) is 9.34. The lowest BCUT2D eigenvalue weighted by Gasteiger charge is -2.16. The molecule has 1 amide bonds. The molecule has 0 bridgehead atoms. The van der Waals surface area contributed by atoms with E-state index in [9.17, 15) is 4.79 Å². The summed E-state index contributed by atoms with van der Waals surface area (Å²) >= 11 is 0. The van der Waals surface area contributed by atoms with Crippen LogP contribution in [0.3, 0.4) is 0 Å². The molecule has 0 spiro atoms. The van der Waals surface area contributed by atoms with Gasteiger partial charge < -0.3 is 15.5 Å². The van der Waals surface area contributed by atoms with E-state index in [4.69, 9.17) is 0 Å². The molecule has 0 radical (unpaired) electrons. The summed E-state index contributed by atoms with van der Waals surface area (Å²) in [6.45, 7) is 5.42. The summed E-state index contributed by atoms with van der Waals surface area (Å²) in [5.41, 5.74) is 2.43. The highest BCUT2D eigenvalue weighted by atomic mass is 16.1. The average Bonchev–Trinajstić information content (AvgIpc) is 3.19. The predicted molar refractivity (Wildman–Crippen MR) is 104 cm³/mol. The maximum Gasteiger partial charge on any atom is 0.220 e. The highest BCUT2D eigenvalue weighted by Gasteiger charge is 2.13. The van der Waals surface area contributed by atoms with Crippen LogP contribution in [0.1, 0.15) is 30.4 Å². The molecule has 26 heavy (non-hydrogen) atoms. The number of hydrogen-bond acceptors (Lipinski definition) is 5. The summed E-state index contributed by atoms with van der Waals surface area (Å²) in [4.78, 5) is 22.8. The summed E-state index contributed by atoms with van der Waals surface area (Å²) in [5, 5.41) is 6.20. The molecule has 0 unspecified atom stereocenters. The highest BCUT2D eigenvalue weighted by molar-refractivity contribution is 5.76. The second-order valence-corrected chi connectivity index (χ2v) is 6.72. The van der Waals surface area contributed by atoms with Crippen molar-refractivity contribution in [2.24, 2.45) is 0 Å². The van der Waals surface area contributed by atoms with Gasteiger partial charge in [0.2, 0.25) is 5.91 Å². The van der Waals surface area contributed by atoms with Crippen LogP contribution in [-0.2, 0) is 11.2 Å². The molecule has 1 aliphatic heterocycles. The monoisotopic (exact) mass is 353 g/mol. The minimum Gasteiger partial charge on any atom is -0.368 e. The number of amides is 1. The van der Waals surface area contributed by atoms with Gasteiger partial charge in [-0.1, -0.05) is 29.8 Å². The van der Waals surface area contributed by atoms with Gasteiger partial charge in [-0.15, -0.1) is 0 Å². The number of carbonyl (C=O) groups excluding carboxylic acids is 1. The van der Waals surface area contributed by atoms with Crippen LogP contribution >= 0.6 is 0 Å². The molecule has 6 nitrogen and oxygen atoms in total. The Bertz CT molecular complexity index is 728. The van der Waals surface area contributed by atoms with E-state index in [1.54, 1.807) is 6.33 Å². The van der Waals surface area contributed by atoms with Crippen molar-refractivity contribution in [3.05, 3.63) is 47.8 Å². The fraction of sp³-hybridized carbons (Fsp3) is 0.450. The molecule has 1 aromatic carbocycles. The van der Waals surface area contributed by atoms with Crippen molar-refractivity contribution in [2.75, 3.05) is 36.4 Å². The lowest BCUT2D eigenvalue weighted by atomic mass is 10.1. The number of aryl methyl sites for hydroxylation is 2. The van der Waals surface area contributed by atoms with Crippen LogP contribution in [0, 0.1) is 6.92 Å². The Labute approximate surface area is 155 Å². The van der Waals surface area contributed by atoms with E-state index in [1.165, 1.54) is 24.0 Å². The molecule has 6 heteroatoms. The van der Waals surface area contributed by atoms with Gasteiger partial charge in [-0.2, -0.15) is 0 Å². The minimum atomic E-state index is 0.0775. The molecule has 2 N–H and O–H groups in total. The predicted octanol–water partition coefficient (Wildman–Crippen LogP) is 2.55. The molecule has 0 atom stereocenters. The zero-order valence-electron chi connectivity index (χ0n) is 15.4. The fourth-order valence-electron chi connectivity index (χ4n) is 3.17. The van der Waals surface area contributed by atoms with Gasteiger partial charge in [-0.25, -0.2) is 9.97 Å². The summed E-state index contributed by atoms with van der Waals surface area (Å²) < 4.78 is 0. The molecular formula is C20H27N5O. The highest BCUT2D eigenvalue weighted by Crippen LogP contribution is 2.18. The van der Waals surface area contributed by atoms with Gasteiger partial charge in [0.1, 0.15) is 18.0 Å². The topological polar surface area (TPSA) is 70.2 Å². The van der Waals surface area contributed by atoms with Crippen molar-refractivity contribution in [1.82, 2.24) is 15.3 Å². The van der Waals surface area contributed by atoms with E-state index >= 15 is 0 Å². The largest absolute Gasteiger partial charge is 0.368 e. The molecule has 1 saturated heterocycles. The molecule has 0 saturated carbocycles. The zero-order valence-corrected chi connectivity index (χ0v) is 15.4. The number of hydrogen-bond donors (Lipinski definition) is 2. The Kier molecular flexibility index (Phi) is 6.41. The third kappa shape index (κ3) is 5.44. The smallest absolute Gasteiger partial charge is 0.220 e. The van der Waals surface area contributed by atoms with E-state index < -0.39 is 0 Å². The second-order valence-electron chi connectivity index (χ2n) is 6.72. The number of benzene rings is 1. The summed E-state index contributed by atoms with van der Waals surface area (Å²) in [6.07, 6.45) is 5.32. The van der Waals surface area contributed by atoms with Gasteiger partial charge in [-0.05, 0) is 31.7 Å². The Hall–Kier alpha value is -2.63. The SMILES string of the molecule is Cc1cccc(CCC(=O)NCCNc2cc(N3CCCC3)ncn2)c1. The number of nitrogens with one attached hydrogen (secondary N) is 2. The number of anilines is 2. The van der Waals surface area contributed by atoms with Gasteiger partial charge >= 0.3 is 0 Å². The van der Waals surface area contributed by atoms with Crippen molar-refractivity contribution in [1.29, 1.82) is 0 Å². The van der Waals surface area contributed by atoms with Crippen LogP contribution in [0.2, 0.25) is 0 Å². The molecule has 1 aliphatic rings. The van der Waals surface area contributed by atoms with Gasteiger partial charge in [0.25, 0.3) is 0 Å². The second kappa shape index (κ2) is 9.17. The van der Waals surface area contributed by atoms with E-state index in [1.807, 2.05) is 12.1 Å². The number of carbonyl (C=O) groups is 1. The van der Waals surface area contributed by atoms with Crippen LogP contribution < -0.4 is 15.5 Å². The molecule has 3 rings (SSSR count). The zero-order chi connectivity index (χ0) is 18.2. The number of rotatable bonds is 8. The van der Waals surface area contributed by atoms with Gasteiger partial charge in [-0.3, -0.25) is 4.79 Å². The van der Waals surface area contributed by atoms with Gasteiger partial charge in [0.15, 0.2) is 0 Å². The van der Waals surface area contributed by atoms with Crippen molar-refractivity contribution >= 4 is 17.5 Å². The molecule has 1 aromatic heterocycles. The van der Waals surface area contributed by atoms with Crippen molar-refractivity contribution in [3.63, 3.8) is 0 Å². The van der Waals surface area contributed by atoms with Crippen LogP contribution in [-0.4, -0.2) is 42.1 Å². The van der Waals surface area contributed by atoms with Crippen molar-refractivity contribution in [2.45, 2.75) is 32.6 Å². The Morgan fingerprint density at radius 1 is 1.15 bits per heavy atom. The standard InChI is InChI=1S/C20H27N5O/c1-16-5-4-6-17(13-16)7-8-20(26)22-10-9-21-18-14-19(24-15-23-18)25-11-2-3-12-25/h4-6,13-15H,2-3,7-12H2,1H3,(H,22,26)(H,21,23,24). The maximum atomic E-state index is 12.0. The first kappa shape index (κ1) is 18.2. The molecule has 2 aromatic rings. The number of aromatic nitrogens is 2. The fourth-order valence-corrected chi connectivity index (χ4v) is 3.17. The van der Waals surface area contributed by atoms with Crippen LogP contribution in [0.4, 0.5) is 11.6 Å². The molecule has 2 heterocycles. The number of nitrogens with zero attached hydrogens (tertiary/aromatic N) is 3. The van der Waals surface area contributed by atoms with E-state index in [0.717, 1.165) is 31.1 Å². The third-order valence-electron chi connectivity index (χ3n) is 4.56. The Balaban J connectivity index is 1.36. The first-order chi connectivity index (χ1) is 12.7. The maximum absolute atomic E-state index is 12.0. The Morgan fingerprint density at radius 2 is 2.00 bits per heavy atom. The molecule has 138 valence electrons. The Morgan fingerprint density at radius 3 is 2.81 bits per heavy atom. The van der Waals surface area contributed by atoms with Gasteiger partial charge in [0.05, 0.1) is 0 Å². The third-order valence-corrected chi connectivity index (χ3v) is 4.56. The quantitative estimate of drug-likeness (QED) is 0.714.